The van der Waals surface area contributed by atoms with E-state index in [-0.39, 0.29) is 35.0 Å². The molecule has 2 N–H and O–H groups in total. The van der Waals surface area contributed by atoms with Crippen molar-refractivity contribution >= 4 is 56.3 Å². The van der Waals surface area contributed by atoms with Crippen molar-refractivity contribution in [2.24, 2.45) is 0 Å². The van der Waals surface area contributed by atoms with Crippen molar-refractivity contribution < 1.29 is 22.7 Å². The standard InChI is InChI=1S/C23H20Cl2N2O5S/c1-32-22-12-10-19(33(30,31)27-18-8-6-17(25)7-9-18)14-20(22)26-23(29)13-11-21(28)15-2-4-16(24)5-3-15/h2-10,12,14,27H,11,13H2,1H3,(H,26,29). The van der Waals surface area contributed by atoms with Crippen molar-refractivity contribution in [3.05, 3.63) is 82.3 Å². The summed E-state index contributed by atoms with van der Waals surface area (Å²) >= 11 is 11.7. The van der Waals surface area contributed by atoms with Gasteiger partial charge in [0, 0.05) is 34.1 Å². The predicted molar refractivity (Wildman–Crippen MR) is 129 cm³/mol. The molecule has 0 saturated heterocycles. The maximum Gasteiger partial charge on any atom is 0.261 e. The minimum absolute atomic E-state index is 0.0219. The Morgan fingerprint density at radius 2 is 1.48 bits per heavy atom. The molecule has 0 spiro atoms. The molecule has 0 radical (unpaired) electrons. The fraction of sp³-hybridized carbons (Fsp3) is 0.130. The van der Waals surface area contributed by atoms with Gasteiger partial charge in [-0.15, -0.1) is 0 Å². The Bertz CT molecular complexity index is 1260. The Hall–Kier alpha value is -3.07. The van der Waals surface area contributed by atoms with Crippen LogP contribution >= 0.6 is 23.2 Å². The number of amides is 1. The van der Waals surface area contributed by atoms with E-state index in [1.807, 2.05) is 0 Å². The number of ether oxygens (including phenoxy) is 1. The molecule has 10 heteroatoms. The van der Waals surface area contributed by atoms with Crippen LogP contribution in [0.5, 0.6) is 5.75 Å². The number of carbonyl (C=O) groups excluding carboxylic acids is 2. The zero-order chi connectivity index (χ0) is 24.0. The van der Waals surface area contributed by atoms with Gasteiger partial charge in [0.15, 0.2) is 5.78 Å². The third kappa shape index (κ3) is 6.71. The molecule has 0 heterocycles. The Morgan fingerprint density at radius 3 is 2.09 bits per heavy atom. The molecule has 7 nitrogen and oxygen atoms in total. The first-order valence-electron chi connectivity index (χ1n) is 9.73. The second-order valence-corrected chi connectivity index (χ2v) is 9.51. The molecule has 0 saturated carbocycles. The third-order valence-electron chi connectivity index (χ3n) is 4.60. The van der Waals surface area contributed by atoms with Gasteiger partial charge in [-0.1, -0.05) is 23.2 Å². The van der Waals surface area contributed by atoms with E-state index in [4.69, 9.17) is 27.9 Å². The predicted octanol–water partition coefficient (Wildman–Crippen LogP) is 5.40. The summed E-state index contributed by atoms with van der Waals surface area (Å²) in [5.41, 5.74) is 0.952. The number of hydrogen-bond donors (Lipinski definition) is 2. The summed E-state index contributed by atoms with van der Waals surface area (Å²) in [7, 11) is -2.54. The molecular formula is C23H20Cl2N2O5S. The van der Waals surface area contributed by atoms with Gasteiger partial charge in [0.1, 0.15) is 5.75 Å². The monoisotopic (exact) mass is 506 g/mol. The SMILES string of the molecule is COc1ccc(S(=O)(=O)Nc2ccc(Cl)cc2)cc1NC(=O)CCC(=O)c1ccc(Cl)cc1. The molecule has 0 aromatic heterocycles. The second kappa shape index (κ2) is 10.7. The van der Waals surface area contributed by atoms with E-state index < -0.39 is 15.9 Å². The quantitative estimate of drug-likeness (QED) is 0.378. The highest BCUT2D eigenvalue weighted by Crippen LogP contribution is 2.29. The normalized spacial score (nSPS) is 11.0. The van der Waals surface area contributed by atoms with Crippen molar-refractivity contribution in [2.45, 2.75) is 17.7 Å². The van der Waals surface area contributed by atoms with Crippen LogP contribution in [0.3, 0.4) is 0 Å². The number of halogens is 2. The van der Waals surface area contributed by atoms with E-state index in [9.17, 15) is 18.0 Å². The maximum atomic E-state index is 12.8. The highest BCUT2D eigenvalue weighted by atomic mass is 35.5. The lowest BCUT2D eigenvalue weighted by molar-refractivity contribution is -0.116. The molecule has 3 aromatic carbocycles. The van der Waals surface area contributed by atoms with E-state index in [2.05, 4.69) is 10.0 Å². The summed E-state index contributed by atoms with van der Waals surface area (Å²) in [5.74, 6) is -0.397. The number of nitrogens with one attached hydrogen (secondary N) is 2. The fourth-order valence-electron chi connectivity index (χ4n) is 2.90. The van der Waals surface area contributed by atoms with Gasteiger partial charge in [-0.3, -0.25) is 14.3 Å². The number of ketones is 1. The van der Waals surface area contributed by atoms with Gasteiger partial charge in [0.25, 0.3) is 10.0 Å². The fourth-order valence-corrected chi connectivity index (χ4v) is 4.24. The molecule has 0 unspecified atom stereocenters. The number of methoxy groups -OCH3 is 1. The van der Waals surface area contributed by atoms with Crippen LogP contribution in [-0.4, -0.2) is 27.2 Å². The lowest BCUT2D eigenvalue weighted by Gasteiger charge is -2.13. The van der Waals surface area contributed by atoms with Crippen molar-refractivity contribution in [1.82, 2.24) is 0 Å². The van der Waals surface area contributed by atoms with E-state index >= 15 is 0 Å². The first-order chi connectivity index (χ1) is 15.7. The van der Waals surface area contributed by atoms with Crippen LogP contribution in [0.2, 0.25) is 10.0 Å². The molecule has 33 heavy (non-hydrogen) atoms. The zero-order valence-electron chi connectivity index (χ0n) is 17.5. The topological polar surface area (TPSA) is 102 Å². The van der Waals surface area contributed by atoms with Crippen LogP contribution in [0.1, 0.15) is 23.2 Å². The number of rotatable bonds is 9. The summed E-state index contributed by atoms with van der Waals surface area (Å²) < 4.78 is 33.2. The van der Waals surface area contributed by atoms with E-state index in [1.54, 1.807) is 36.4 Å². The first kappa shape index (κ1) is 24.6. The summed E-state index contributed by atoms with van der Waals surface area (Å²) in [6.45, 7) is 0. The van der Waals surface area contributed by atoms with Gasteiger partial charge in [0.05, 0.1) is 17.7 Å². The molecule has 0 atom stereocenters. The average Bonchev–Trinajstić information content (AvgIpc) is 2.79. The van der Waals surface area contributed by atoms with Gasteiger partial charge in [0.2, 0.25) is 5.91 Å². The maximum absolute atomic E-state index is 12.8. The Morgan fingerprint density at radius 1 is 0.879 bits per heavy atom. The van der Waals surface area contributed by atoms with Gasteiger partial charge >= 0.3 is 0 Å². The summed E-state index contributed by atoms with van der Waals surface area (Å²) in [4.78, 5) is 24.6. The summed E-state index contributed by atoms with van der Waals surface area (Å²) in [5, 5.41) is 3.60. The van der Waals surface area contributed by atoms with Crippen LogP contribution < -0.4 is 14.8 Å². The average molecular weight is 507 g/mol. The van der Waals surface area contributed by atoms with Crippen LogP contribution in [-0.2, 0) is 14.8 Å². The lowest BCUT2D eigenvalue weighted by Crippen LogP contribution is -2.16. The number of benzene rings is 3. The van der Waals surface area contributed by atoms with Crippen LogP contribution in [0, 0.1) is 0 Å². The second-order valence-electron chi connectivity index (χ2n) is 6.95. The minimum Gasteiger partial charge on any atom is -0.495 e. The molecule has 0 aliphatic carbocycles. The summed E-state index contributed by atoms with van der Waals surface area (Å²) in [6, 6.07) is 16.6. The molecule has 3 aromatic rings. The highest BCUT2D eigenvalue weighted by Gasteiger charge is 2.18. The number of sulfonamides is 1. The van der Waals surface area contributed by atoms with Gasteiger partial charge in [-0.2, -0.15) is 0 Å². The van der Waals surface area contributed by atoms with E-state index in [0.29, 0.717) is 21.3 Å². The van der Waals surface area contributed by atoms with Gasteiger partial charge in [-0.25, -0.2) is 8.42 Å². The largest absolute Gasteiger partial charge is 0.495 e. The number of Topliss-reactive ketones (excluding diaryl/α,β-unsaturated/α-hetero) is 1. The molecule has 0 aliphatic heterocycles. The van der Waals surface area contributed by atoms with Crippen molar-refractivity contribution in [1.29, 1.82) is 0 Å². The summed E-state index contributed by atoms with van der Waals surface area (Å²) in [6.07, 6.45) is -0.115. The van der Waals surface area contributed by atoms with E-state index in [0.717, 1.165) is 0 Å². The Kier molecular flexibility index (Phi) is 7.97. The van der Waals surface area contributed by atoms with Crippen LogP contribution in [0.15, 0.2) is 71.6 Å². The number of hydrogen-bond acceptors (Lipinski definition) is 5. The molecule has 172 valence electrons. The zero-order valence-corrected chi connectivity index (χ0v) is 19.8. The molecule has 1 amide bonds. The Balaban J connectivity index is 1.70. The minimum atomic E-state index is -3.94. The molecular weight excluding hydrogens is 487 g/mol. The highest BCUT2D eigenvalue weighted by molar-refractivity contribution is 7.92. The van der Waals surface area contributed by atoms with E-state index in [1.165, 1.54) is 37.4 Å². The first-order valence-corrected chi connectivity index (χ1v) is 12.0. The lowest BCUT2D eigenvalue weighted by atomic mass is 10.1. The molecule has 0 bridgehead atoms. The molecule has 0 aliphatic rings. The third-order valence-corrected chi connectivity index (χ3v) is 6.48. The van der Waals surface area contributed by atoms with Crippen molar-refractivity contribution in [2.75, 3.05) is 17.1 Å². The van der Waals surface area contributed by atoms with Gasteiger partial charge in [-0.05, 0) is 66.7 Å². The van der Waals surface area contributed by atoms with Gasteiger partial charge < -0.3 is 10.1 Å². The van der Waals surface area contributed by atoms with Crippen LogP contribution in [0.4, 0.5) is 11.4 Å². The van der Waals surface area contributed by atoms with Crippen molar-refractivity contribution in [3.63, 3.8) is 0 Å². The molecule has 3 rings (SSSR count). The Labute approximate surface area is 201 Å². The van der Waals surface area contributed by atoms with Crippen molar-refractivity contribution in [3.8, 4) is 5.75 Å². The molecule has 0 fully saturated rings. The number of anilines is 2. The smallest absolute Gasteiger partial charge is 0.261 e. The van der Waals surface area contributed by atoms with Crippen LogP contribution in [0.25, 0.3) is 0 Å². The number of carbonyl (C=O) groups is 2.